The van der Waals surface area contributed by atoms with Crippen LogP contribution in [-0.2, 0) is 11.3 Å². The Morgan fingerprint density at radius 1 is 1.62 bits per heavy atom. The summed E-state index contributed by atoms with van der Waals surface area (Å²) in [7, 11) is 1.59. The van der Waals surface area contributed by atoms with Crippen LogP contribution in [0.5, 0.6) is 5.75 Å². The van der Waals surface area contributed by atoms with Gasteiger partial charge in [-0.15, -0.1) is 0 Å². The predicted molar refractivity (Wildman–Crippen MR) is 59.6 cm³/mol. The lowest BCUT2D eigenvalue weighted by atomic mass is 10.1. The minimum atomic E-state index is -0.620. The molecule has 0 bridgehead atoms. The van der Waals surface area contributed by atoms with E-state index in [0.717, 1.165) is 11.3 Å². The molecule has 0 aliphatic carbocycles. The summed E-state index contributed by atoms with van der Waals surface area (Å²) >= 11 is 0. The van der Waals surface area contributed by atoms with Gasteiger partial charge in [0.1, 0.15) is 11.7 Å². The number of rotatable bonds is 4. The number of ether oxygens (including phenoxy) is 1. The van der Waals surface area contributed by atoms with Crippen LogP contribution in [0.1, 0.15) is 12.5 Å². The Labute approximate surface area is 94.8 Å². The molecule has 0 heterocycles. The van der Waals surface area contributed by atoms with Crippen LogP contribution in [0.2, 0.25) is 0 Å². The summed E-state index contributed by atoms with van der Waals surface area (Å²) in [4.78, 5) is 11.3. The first-order chi connectivity index (χ1) is 7.67. The average Bonchev–Trinajstić information content (AvgIpc) is 2.35. The molecule has 0 aliphatic heterocycles. The molecule has 4 heteroatoms. The number of carbonyl (C=O) groups excluding carboxylic acids is 1. The van der Waals surface area contributed by atoms with E-state index in [1.807, 2.05) is 30.3 Å². The molecule has 0 radical (unpaired) electrons. The second kappa shape index (κ2) is 5.76. The van der Waals surface area contributed by atoms with Gasteiger partial charge in [-0.2, -0.15) is 5.26 Å². The molecule has 0 fully saturated rings. The van der Waals surface area contributed by atoms with E-state index in [-0.39, 0.29) is 5.91 Å². The van der Waals surface area contributed by atoms with Crippen LogP contribution in [-0.4, -0.2) is 13.0 Å². The second-order valence-corrected chi connectivity index (χ2v) is 3.42. The summed E-state index contributed by atoms with van der Waals surface area (Å²) in [5.74, 6) is -0.129. The molecule has 4 nitrogen and oxygen atoms in total. The van der Waals surface area contributed by atoms with Crippen LogP contribution in [0.4, 0.5) is 0 Å². The van der Waals surface area contributed by atoms with E-state index in [4.69, 9.17) is 10.00 Å². The zero-order valence-corrected chi connectivity index (χ0v) is 9.36. The molecule has 0 saturated heterocycles. The lowest BCUT2D eigenvalue weighted by Gasteiger charge is -2.07. The molecule has 1 N–H and O–H groups in total. The van der Waals surface area contributed by atoms with Gasteiger partial charge in [-0.25, -0.2) is 0 Å². The van der Waals surface area contributed by atoms with Crippen molar-refractivity contribution in [3.63, 3.8) is 0 Å². The van der Waals surface area contributed by atoms with Crippen molar-refractivity contribution in [3.8, 4) is 11.8 Å². The predicted octanol–water partition coefficient (Wildman–Crippen LogP) is 1.47. The highest BCUT2D eigenvalue weighted by molar-refractivity contribution is 5.80. The van der Waals surface area contributed by atoms with E-state index in [1.54, 1.807) is 14.0 Å². The van der Waals surface area contributed by atoms with Gasteiger partial charge in [0.2, 0.25) is 5.91 Å². The van der Waals surface area contributed by atoms with Crippen molar-refractivity contribution in [1.82, 2.24) is 5.32 Å². The molecule has 1 atom stereocenters. The minimum Gasteiger partial charge on any atom is -0.497 e. The van der Waals surface area contributed by atoms with Gasteiger partial charge >= 0.3 is 0 Å². The van der Waals surface area contributed by atoms with Crippen molar-refractivity contribution in [2.45, 2.75) is 13.5 Å². The fourth-order valence-electron chi connectivity index (χ4n) is 1.18. The first kappa shape index (κ1) is 12.1. The molecule has 0 aliphatic rings. The first-order valence-electron chi connectivity index (χ1n) is 4.97. The lowest BCUT2D eigenvalue weighted by Crippen LogP contribution is -2.27. The maximum atomic E-state index is 11.3. The van der Waals surface area contributed by atoms with Gasteiger partial charge in [-0.05, 0) is 24.6 Å². The molecule has 0 spiro atoms. The molecule has 1 unspecified atom stereocenters. The number of methoxy groups -OCH3 is 1. The van der Waals surface area contributed by atoms with Gasteiger partial charge in [-0.1, -0.05) is 12.1 Å². The normalized spacial score (nSPS) is 11.3. The number of nitrogens with zero attached hydrogens (tertiary/aromatic N) is 1. The van der Waals surface area contributed by atoms with Crippen molar-refractivity contribution in [1.29, 1.82) is 5.26 Å². The van der Waals surface area contributed by atoms with Crippen molar-refractivity contribution in [3.05, 3.63) is 29.8 Å². The molecule has 0 aromatic heterocycles. The van der Waals surface area contributed by atoms with Crippen LogP contribution < -0.4 is 10.1 Å². The van der Waals surface area contributed by atoms with Gasteiger partial charge in [0.15, 0.2) is 0 Å². The summed E-state index contributed by atoms with van der Waals surface area (Å²) in [6, 6.07) is 9.31. The number of hydrogen-bond acceptors (Lipinski definition) is 3. The molecule has 1 aromatic carbocycles. The highest BCUT2D eigenvalue weighted by Crippen LogP contribution is 2.12. The lowest BCUT2D eigenvalue weighted by molar-refractivity contribution is -0.123. The molecule has 16 heavy (non-hydrogen) atoms. The van der Waals surface area contributed by atoms with Crippen molar-refractivity contribution >= 4 is 5.91 Å². The third-order valence-corrected chi connectivity index (χ3v) is 2.19. The Hall–Kier alpha value is -2.02. The number of benzene rings is 1. The largest absolute Gasteiger partial charge is 0.497 e. The van der Waals surface area contributed by atoms with Crippen LogP contribution >= 0.6 is 0 Å². The fraction of sp³-hybridized carbons (Fsp3) is 0.333. The molecule has 1 aromatic rings. The highest BCUT2D eigenvalue weighted by atomic mass is 16.5. The smallest absolute Gasteiger partial charge is 0.237 e. The number of amides is 1. The Kier molecular flexibility index (Phi) is 4.34. The number of nitrogens with one attached hydrogen (secondary N) is 1. The summed E-state index contributed by atoms with van der Waals surface area (Å²) in [6.07, 6.45) is 0. The van der Waals surface area contributed by atoms with Gasteiger partial charge in [0.05, 0.1) is 13.2 Å². The van der Waals surface area contributed by atoms with Gasteiger partial charge < -0.3 is 10.1 Å². The number of nitriles is 1. The fourth-order valence-corrected chi connectivity index (χ4v) is 1.18. The minimum absolute atomic E-state index is 0.259. The second-order valence-electron chi connectivity index (χ2n) is 3.42. The summed E-state index contributed by atoms with van der Waals surface area (Å²) in [6.45, 7) is 1.98. The molecular formula is C12H14N2O2. The topological polar surface area (TPSA) is 62.1 Å². The quantitative estimate of drug-likeness (QED) is 0.832. The first-order valence-corrected chi connectivity index (χ1v) is 4.97. The molecule has 1 amide bonds. The van der Waals surface area contributed by atoms with Gasteiger partial charge in [-0.3, -0.25) is 4.79 Å². The Morgan fingerprint density at radius 2 is 2.38 bits per heavy atom. The standard InChI is InChI=1S/C12H14N2O2/c1-9(7-13)12(15)14-8-10-4-3-5-11(6-10)16-2/h3-6,9H,8H2,1-2H3,(H,14,15). The zero-order chi connectivity index (χ0) is 12.0. The Bertz CT molecular complexity index is 410. The van der Waals surface area contributed by atoms with E-state index >= 15 is 0 Å². The zero-order valence-electron chi connectivity index (χ0n) is 9.36. The van der Waals surface area contributed by atoms with Gasteiger partial charge in [0, 0.05) is 6.54 Å². The monoisotopic (exact) mass is 218 g/mol. The van der Waals surface area contributed by atoms with Crippen molar-refractivity contribution in [2.24, 2.45) is 5.92 Å². The van der Waals surface area contributed by atoms with E-state index in [9.17, 15) is 4.79 Å². The number of hydrogen-bond donors (Lipinski definition) is 1. The van der Waals surface area contributed by atoms with E-state index in [1.165, 1.54) is 0 Å². The van der Waals surface area contributed by atoms with E-state index < -0.39 is 5.92 Å². The SMILES string of the molecule is COc1cccc(CNC(=O)C(C)C#N)c1. The van der Waals surface area contributed by atoms with Crippen LogP contribution in [0.3, 0.4) is 0 Å². The van der Waals surface area contributed by atoms with Crippen LogP contribution in [0.25, 0.3) is 0 Å². The molecule has 1 rings (SSSR count). The Morgan fingerprint density at radius 3 is 3.00 bits per heavy atom. The van der Waals surface area contributed by atoms with Crippen molar-refractivity contribution < 1.29 is 9.53 Å². The molecule has 84 valence electrons. The number of carbonyl (C=O) groups is 1. The van der Waals surface area contributed by atoms with Gasteiger partial charge in [0.25, 0.3) is 0 Å². The third-order valence-electron chi connectivity index (χ3n) is 2.19. The summed E-state index contributed by atoms with van der Waals surface area (Å²) in [5, 5.41) is 11.2. The highest BCUT2D eigenvalue weighted by Gasteiger charge is 2.10. The molecule has 0 saturated carbocycles. The maximum Gasteiger partial charge on any atom is 0.237 e. The molecular weight excluding hydrogens is 204 g/mol. The average molecular weight is 218 g/mol. The Balaban J connectivity index is 2.55. The maximum absolute atomic E-state index is 11.3. The summed E-state index contributed by atoms with van der Waals surface area (Å²) < 4.78 is 5.07. The van der Waals surface area contributed by atoms with Crippen LogP contribution in [0, 0.1) is 17.2 Å². The van der Waals surface area contributed by atoms with Crippen LogP contribution in [0.15, 0.2) is 24.3 Å². The van der Waals surface area contributed by atoms with Crippen molar-refractivity contribution in [2.75, 3.05) is 7.11 Å². The third kappa shape index (κ3) is 3.28. The van der Waals surface area contributed by atoms with E-state index in [2.05, 4.69) is 5.32 Å². The van der Waals surface area contributed by atoms with E-state index in [0.29, 0.717) is 6.54 Å². The summed E-state index contributed by atoms with van der Waals surface area (Å²) in [5.41, 5.74) is 0.942.